The van der Waals surface area contributed by atoms with Gasteiger partial charge in [-0.1, -0.05) is 13.0 Å². The van der Waals surface area contributed by atoms with Gasteiger partial charge in [-0.2, -0.15) is 0 Å². The lowest BCUT2D eigenvalue weighted by molar-refractivity contribution is -0.144. The zero-order chi connectivity index (χ0) is 16.0. The van der Waals surface area contributed by atoms with Crippen molar-refractivity contribution in [1.29, 1.82) is 0 Å². The van der Waals surface area contributed by atoms with E-state index in [-0.39, 0.29) is 0 Å². The first-order valence-electron chi connectivity index (χ1n) is 7.56. The summed E-state index contributed by atoms with van der Waals surface area (Å²) in [5.41, 5.74) is 2.71. The van der Waals surface area contributed by atoms with Crippen LogP contribution >= 0.6 is 0 Å². The van der Waals surface area contributed by atoms with Crippen LogP contribution in [0.15, 0.2) is 18.2 Å². The van der Waals surface area contributed by atoms with Crippen molar-refractivity contribution < 1.29 is 9.90 Å². The van der Waals surface area contributed by atoms with Crippen molar-refractivity contribution in [1.82, 2.24) is 5.32 Å². The van der Waals surface area contributed by atoms with Crippen molar-refractivity contribution in [2.45, 2.75) is 46.1 Å². The van der Waals surface area contributed by atoms with Crippen LogP contribution in [0.4, 0.5) is 5.69 Å². The number of hydrogen-bond acceptors (Lipinski definition) is 3. The van der Waals surface area contributed by atoms with Gasteiger partial charge in [-0.3, -0.25) is 4.79 Å². The number of carbonyl (C=O) groups is 1. The SMILES string of the molecule is CCCNC(C)(CCN(C)c1cc(C)cc(C)c1)C(=O)O. The van der Waals surface area contributed by atoms with E-state index in [1.165, 1.54) is 11.1 Å². The fourth-order valence-corrected chi connectivity index (χ4v) is 2.36. The fraction of sp³-hybridized carbons (Fsp3) is 0.588. The first-order valence-corrected chi connectivity index (χ1v) is 7.56. The number of nitrogens with one attached hydrogen (secondary N) is 1. The Morgan fingerprint density at radius 1 is 1.29 bits per heavy atom. The first kappa shape index (κ1) is 17.5. The van der Waals surface area contributed by atoms with Crippen LogP contribution < -0.4 is 10.2 Å². The summed E-state index contributed by atoms with van der Waals surface area (Å²) in [4.78, 5) is 13.6. The van der Waals surface area contributed by atoms with Gasteiger partial charge in [0.2, 0.25) is 0 Å². The normalized spacial score (nSPS) is 13.8. The summed E-state index contributed by atoms with van der Waals surface area (Å²) >= 11 is 0. The molecule has 0 radical (unpaired) electrons. The molecule has 0 heterocycles. The monoisotopic (exact) mass is 292 g/mol. The molecule has 0 bridgehead atoms. The molecule has 1 aromatic rings. The zero-order valence-corrected chi connectivity index (χ0v) is 13.9. The average Bonchev–Trinajstić information content (AvgIpc) is 2.41. The second kappa shape index (κ2) is 7.46. The van der Waals surface area contributed by atoms with Crippen LogP contribution in [0, 0.1) is 13.8 Å². The summed E-state index contributed by atoms with van der Waals surface area (Å²) in [6.07, 6.45) is 1.49. The standard InChI is InChI=1S/C17H28N2O2/c1-6-8-18-17(4,16(20)21)7-9-19(5)15-11-13(2)10-14(3)12-15/h10-12,18H,6-9H2,1-5H3,(H,20,21). The van der Waals surface area contributed by atoms with Gasteiger partial charge in [-0.15, -0.1) is 0 Å². The summed E-state index contributed by atoms with van der Waals surface area (Å²) in [5, 5.41) is 12.6. The molecule has 0 saturated heterocycles. The minimum Gasteiger partial charge on any atom is -0.480 e. The lowest BCUT2D eigenvalue weighted by Crippen LogP contribution is -2.51. The summed E-state index contributed by atoms with van der Waals surface area (Å²) in [6.45, 7) is 9.37. The fourth-order valence-electron chi connectivity index (χ4n) is 2.36. The average molecular weight is 292 g/mol. The first-order chi connectivity index (χ1) is 9.78. The van der Waals surface area contributed by atoms with Crippen molar-refractivity contribution in [3.8, 4) is 0 Å². The van der Waals surface area contributed by atoms with E-state index >= 15 is 0 Å². The van der Waals surface area contributed by atoms with Gasteiger partial charge < -0.3 is 15.3 Å². The van der Waals surface area contributed by atoms with Gasteiger partial charge in [0.15, 0.2) is 0 Å². The zero-order valence-electron chi connectivity index (χ0n) is 13.9. The van der Waals surface area contributed by atoms with E-state index in [4.69, 9.17) is 0 Å². The summed E-state index contributed by atoms with van der Waals surface area (Å²) in [6, 6.07) is 6.40. The summed E-state index contributed by atoms with van der Waals surface area (Å²) in [7, 11) is 2.01. The molecular weight excluding hydrogens is 264 g/mol. The van der Waals surface area contributed by atoms with E-state index in [0.29, 0.717) is 13.0 Å². The molecule has 4 heteroatoms. The Morgan fingerprint density at radius 2 is 1.86 bits per heavy atom. The minimum absolute atomic E-state index is 0.561. The number of carboxylic acid groups (broad SMARTS) is 1. The molecule has 0 amide bonds. The molecule has 1 atom stereocenters. The van der Waals surface area contributed by atoms with Crippen LogP contribution in [-0.2, 0) is 4.79 Å². The number of nitrogens with zero attached hydrogens (tertiary/aromatic N) is 1. The molecule has 21 heavy (non-hydrogen) atoms. The topological polar surface area (TPSA) is 52.6 Å². The third-order valence-corrected chi connectivity index (χ3v) is 3.83. The Bertz CT molecular complexity index is 467. The van der Waals surface area contributed by atoms with Crippen molar-refractivity contribution in [2.24, 2.45) is 0 Å². The van der Waals surface area contributed by atoms with Crippen molar-refractivity contribution in [3.05, 3.63) is 29.3 Å². The van der Waals surface area contributed by atoms with Gasteiger partial charge >= 0.3 is 5.97 Å². The molecule has 2 N–H and O–H groups in total. The molecule has 0 aliphatic heterocycles. The molecule has 0 spiro atoms. The highest BCUT2D eigenvalue weighted by atomic mass is 16.4. The van der Waals surface area contributed by atoms with Crippen molar-refractivity contribution >= 4 is 11.7 Å². The number of anilines is 1. The lowest BCUT2D eigenvalue weighted by Gasteiger charge is -2.29. The molecular formula is C17H28N2O2. The van der Waals surface area contributed by atoms with Gasteiger partial charge in [0.1, 0.15) is 5.54 Å². The highest BCUT2D eigenvalue weighted by molar-refractivity contribution is 5.78. The predicted molar refractivity (Wildman–Crippen MR) is 88.1 cm³/mol. The van der Waals surface area contributed by atoms with Gasteiger partial charge in [-0.25, -0.2) is 0 Å². The van der Waals surface area contributed by atoms with Gasteiger partial charge in [-0.05, 0) is 63.4 Å². The lowest BCUT2D eigenvalue weighted by atomic mass is 9.97. The van der Waals surface area contributed by atoms with E-state index in [0.717, 1.165) is 18.7 Å². The maximum absolute atomic E-state index is 11.5. The maximum atomic E-state index is 11.5. The molecule has 1 unspecified atom stereocenters. The van der Waals surface area contributed by atoms with Gasteiger partial charge in [0.25, 0.3) is 0 Å². The third-order valence-electron chi connectivity index (χ3n) is 3.83. The number of benzene rings is 1. The van der Waals surface area contributed by atoms with Crippen LogP contribution in [0.3, 0.4) is 0 Å². The molecule has 4 nitrogen and oxygen atoms in total. The Hall–Kier alpha value is -1.55. The van der Waals surface area contributed by atoms with E-state index in [1.807, 2.05) is 14.0 Å². The smallest absolute Gasteiger partial charge is 0.323 e. The van der Waals surface area contributed by atoms with E-state index in [1.54, 1.807) is 6.92 Å². The number of aryl methyl sites for hydroxylation is 2. The van der Waals surface area contributed by atoms with E-state index < -0.39 is 11.5 Å². The Morgan fingerprint density at radius 3 is 2.33 bits per heavy atom. The van der Waals surface area contributed by atoms with Crippen LogP contribution in [-0.4, -0.2) is 36.8 Å². The molecule has 0 fully saturated rings. The Kier molecular flexibility index (Phi) is 6.21. The molecule has 0 saturated carbocycles. The highest BCUT2D eigenvalue weighted by Gasteiger charge is 2.32. The molecule has 1 rings (SSSR count). The minimum atomic E-state index is -0.872. The molecule has 0 aliphatic carbocycles. The Labute approximate surface area is 128 Å². The van der Waals surface area contributed by atoms with Crippen LogP contribution in [0.25, 0.3) is 0 Å². The van der Waals surface area contributed by atoms with E-state index in [9.17, 15) is 9.90 Å². The number of hydrogen-bond donors (Lipinski definition) is 2. The largest absolute Gasteiger partial charge is 0.480 e. The molecule has 1 aromatic carbocycles. The van der Waals surface area contributed by atoms with Crippen molar-refractivity contribution in [3.63, 3.8) is 0 Å². The van der Waals surface area contributed by atoms with Crippen molar-refractivity contribution in [2.75, 3.05) is 25.0 Å². The van der Waals surface area contributed by atoms with E-state index in [2.05, 4.69) is 42.3 Å². The predicted octanol–water partition coefficient (Wildman–Crippen LogP) is 2.97. The maximum Gasteiger partial charge on any atom is 0.323 e. The second-order valence-corrected chi connectivity index (χ2v) is 6.08. The number of carboxylic acids is 1. The quantitative estimate of drug-likeness (QED) is 0.773. The number of aliphatic carboxylic acids is 1. The summed E-state index contributed by atoms with van der Waals surface area (Å²) < 4.78 is 0. The molecule has 0 aliphatic rings. The van der Waals surface area contributed by atoms with Gasteiger partial charge in [0.05, 0.1) is 0 Å². The second-order valence-electron chi connectivity index (χ2n) is 6.08. The van der Waals surface area contributed by atoms with Crippen LogP contribution in [0.1, 0.15) is 37.8 Å². The molecule has 0 aromatic heterocycles. The Balaban J connectivity index is 2.73. The highest BCUT2D eigenvalue weighted by Crippen LogP contribution is 2.19. The molecule has 118 valence electrons. The number of rotatable bonds is 8. The summed E-state index contributed by atoms with van der Waals surface area (Å²) in [5.74, 6) is -0.787. The third kappa shape index (κ3) is 5.05. The van der Waals surface area contributed by atoms with Crippen LogP contribution in [0.5, 0.6) is 0 Å². The van der Waals surface area contributed by atoms with Crippen LogP contribution in [0.2, 0.25) is 0 Å². The van der Waals surface area contributed by atoms with Gasteiger partial charge in [0, 0.05) is 19.3 Å².